The number of hydrogen-bond donors (Lipinski definition) is 1. The first kappa shape index (κ1) is 20.0. The third kappa shape index (κ3) is 5.88. The van der Waals surface area contributed by atoms with Gasteiger partial charge in [0.15, 0.2) is 5.76 Å². The number of nitrogens with one attached hydrogen (secondary N) is 1. The molecular formula is C20H22BrN3O4. The first-order valence-corrected chi connectivity index (χ1v) is 9.84. The molecule has 28 heavy (non-hydrogen) atoms. The highest BCUT2D eigenvalue weighted by Crippen LogP contribution is 2.19. The Kier molecular flexibility index (Phi) is 7.13. The monoisotopic (exact) mass is 447 g/mol. The van der Waals surface area contributed by atoms with E-state index in [1.54, 1.807) is 18.3 Å². The molecule has 1 aromatic carbocycles. The molecule has 3 rings (SSSR count). The number of benzene rings is 1. The number of aryl methyl sites for hydroxylation is 1. The van der Waals surface area contributed by atoms with E-state index in [0.29, 0.717) is 24.7 Å². The average molecular weight is 448 g/mol. The van der Waals surface area contributed by atoms with E-state index in [9.17, 15) is 4.79 Å². The van der Waals surface area contributed by atoms with Crippen molar-refractivity contribution in [3.63, 3.8) is 0 Å². The van der Waals surface area contributed by atoms with Gasteiger partial charge in [0.25, 0.3) is 5.91 Å². The molecule has 0 atom stereocenters. The molecule has 0 aliphatic rings. The van der Waals surface area contributed by atoms with E-state index in [0.717, 1.165) is 23.2 Å². The number of hydrogen-bond acceptors (Lipinski definition) is 5. The summed E-state index contributed by atoms with van der Waals surface area (Å²) in [5, 5.41) is 7.01. The number of carbonyl (C=O) groups excluding carboxylic acids is 1. The Morgan fingerprint density at radius 3 is 2.61 bits per heavy atom. The zero-order valence-electron chi connectivity index (χ0n) is 15.6. The van der Waals surface area contributed by atoms with E-state index in [-0.39, 0.29) is 18.3 Å². The van der Waals surface area contributed by atoms with Crippen molar-refractivity contribution in [3.8, 4) is 11.5 Å². The van der Waals surface area contributed by atoms with Gasteiger partial charge < -0.3 is 19.2 Å². The van der Waals surface area contributed by atoms with Crippen LogP contribution in [-0.2, 0) is 13.2 Å². The van der Waals surface area contributed by atoms with Crippen LogP contribution in [0.1, 0.15) is 29.7 Å². The molecule has 0 aliphatic heterocycles. The molecule has 0 saturated carbocycles. The molecule has 2 aromatic heterocycles. The predicted molar refractivity (Wildman–Crippen MR) is 108 cm³/mol. The van der Waals surface area contributed by atoms with E-state index in [1.807, 2.05) is 42.1 Å². The largest absolute Gasteiger partial charge is 0.494 e. The third-order valence-electron chi connectivity index (χ3n) is 3.85. The Hall–Kier alpha value is -2.74. The van der Waals surface area contributed by atoms with Crippen molar-refractivity contribution in [2.45, 2.75) is 26.5 Å². The summed E-state index contributed by atoms with van der Waals surface area (Å²) in [5.74, 6) is 2.12. The van der Waals surface area contributed by atoms with Crippen molar-refractivity contribution in [1.82, 2.24) is 15.1 Å². The van der Waals surface area contributed by atoms with Crippen molar-refractivity contribution in [2.24, 2.45) is 0 Å². The Labute approximate surface area is 171 Å². The molecule has 8 heteroatoms. The molecule has 0 spiro atoms. The van der Waals surface area contributed by atoms with Gasteiger partial charge in [-0.15, -0.1) is 0 Å². The highest BCUT2D eigenvalue weighted by Gasteiger charge is 2.11. The molecule has 0 unspecified atom stereocenters. The van der Waals surface area contributed by atoms with Gasteiger partial charge in [-0.25, -0.2) is 0 Å². The van der Waals surface area contributed by atoms with Crippen molar-refractivity contribution in [2.75, 3.05) is 13.2 Å². The number of ether oxygens (including phenoxy) is 2. The van der Waals surface area contributed by atoms with Crippen LogP contribution >= 0.6 is 15.9 Å². The maximum Gasteiger partial charge on any atom is 0.286 e. The lowest BCUT2D eigenvalue weighted by atomic mass is 10.3. The minimum Gasteiger partial charge on any atom is -0.494 e. The van der Waals surface area contributed by atoms with Gasteiger partial charge in [0.05, 0.1) is 17.3 Å². The molecule has 0 aliphatic carbocycles. The van der Waals surface area contributed by atoms with Gasteiger partial charge in [0.1, 0.15) is 23.9 Å². The second-order valence-corrected chi connectivity index (χ2v) is 6.91. The third-order valence-corrected chi connectivity index (χ3v) is 4.26. The minimum atomic E-state index is -0.242. The molecule has 148 valence electrons. The minimum absolute atomic E-state index is 0.242. The zero-order chi connectivity index (χ0) is 19.8. The van der Waals surface area contributed by atoms with Crippen LogP contribution in [0.5, 0.6) is 11.5 Å². The van der Waals surface area contributed by atoms with Crippen LogP contribution < -0.4 is 14.8 Å². The van der Waals surface area contributed by atoms with Crippen LogP contribution in [0, 0.1) is 0 Å². The lowest BCUT2D eigenvalue weighted by Crippen LogP contribution is -2.24. The summed E-state index contributed by atoms with van der Waals surface area (Å²) in [6.45, 7) is 4.07. The second kappa shape index (κ2) is 9.98. The first-order chi connectivity index (χ1) is 13.6. The number of nitrogens with zero attached hydrogens (tertiary/aromatic N) is 2. The lowest BCUT2D eigenvalue weighted by molar-refractivity contribution is 0.0920. The van der Waals surface area contributed by atoms with E-state index in [4.69, 9.17) is 13.9 Å². The quantitative estimate of drug-likeness (QED) is 0.474. The maximum absolute atomic E-state index is 12.2. The summed E-state index contributed by atoms with van der Waals surface area (Å²) in [7, 11) is 0. The molecule has 3 aromatic rings. The number of rotatable bonds is 10. The fraction of sp³-hybridized carbons (Fsp3) is 0.300. The van der Waals surface area contributed by atoms with E-state index in [1.165, 1.54) is 0 Å². The normalized spacial score (nSPS) is 10.6. The molecule has 1 N–H and O–H groups in total. The van der Waals surface area contributed by atoms with Gasteiger partial charge in [0, 0.05) is 19.3 Å². The molecule has 0 bridgehead atoms. The molecule has 0 fully saturated rings. The van der Waals surface area contributed by atoms with E-state index in [2.05, 4.69) is 26.3 Å². The van der Waals surface area contributed by atoms with E-state index < -0.39 is 0 Å². The van der Waals surface area contributed by atoms with Crippen LogP contribution in [0.2, 0.25) is 0 Å². The standard InChI is InChI=1S/C20H22BrN3O4/c1-2-26-16-4-6-17(7-5-16)27-14-18-8-9-19(28-18)20(25)22-10-3-11-24-13-15(21)12-23-24/h4-9,12-13H,2-3,10-11,14H2,1H3,(H,22,25). The van der Waals surface area contributed by atoms with Crippen LogP contribution in [0.15, 0.2) is 57.7 Å². The SMILES string of the molecule is CCOc1ccc(OCc2ccc(C(=O)NCCCn3cc(Br)cn3)o2)cc1. The Morgan fingerprint density at radius 1 is 1.18 bits per heavy atom. The number of carbonyl (C=O) groups is 1. The Balaban J connectivity index is 1.40. The van der Waals surface area contributed by atoms with Gasteiger partial charge in [-0.05, 0) is 65.7 Å². The first-order valence-electron chi connectivity index (χ1n) is 9.04. The highest BCUT2D eigenvalue weighted by atomic mass is 79.9. The van der Waals surface area contributed by atoms with Crippen molar-refractivity contribution in [3.05, 3.63) is 64.8 Å². The van der Waals surface area contributed by atoms with Gasteiger partial charge in [-0.2, -0.15) is 5.10 Å². The van der Waals surface area contributed by atoms with Gasteiger partial charge >= 0.3 is 0 Å². The van der Waals surface area contributed by atoms with Crippen LogP contribution in [-0.4, -0.2) is 28.8 Å². The summed E-state index contributed by atoms with van der Waals surface area (Å²) >= 11 is 3.35. The molecule has 7 nitrogen and oxygen atoms in total. The van der Waals surface area contributed by atoms with Gasteiger partial charge in [-0.1, -0.05) is 0 Å². The van der Waals surface area contributed by atoms with Crippen LogP contribution in [0.3, 0.4) is 0 Å². The lowest BCUT2D eigenvalue weighted by Gasteiger charge is -2.06. The van der Waals surface area contributed by atoms with Crippen molar-refractivity contribution < 1.29 is 18.7 Å². The number of aromatic nitrogens is 2. The highest BCUT2D eigenvalue weighted by molar-refractivity contribution is 9.10. The van der Waals surface area contributed by atoms with Crippen molar-refractivity contribution >= 4 is 21.8 Å². The second-order valence-electron chi connectivity index (χ2n) is 5.99. The van der Waals surface area contributed by atoms with Crippen molar-refractivity contribution in [1.29, 1.82) is 0 Å². The molecule has 1 amide bonds. The average Bonchev–Trinajstić information content (AvgIpc) is 3.34. The number of halogens is 1. The fourth-order valence-electron chi connectivity index (χ4n) is 2.52. The fourth-order valence-corrected chi connectivity index (χ4v) is 2.85. The summed E-state index contributed by atoms with van der Waals surface area (Å²) in [6, 6.07) is 10.8. The topological polar surface area (TPSA) is 78.5 Å². The number of furan rings is 1. The molecule has 0 radical (unpaired) electrons. The van der Waals surface area contributed by atoms with Crippen LogP contribution in [0.25, 0.3) is 0 Å². The number of amides is 1. The predicted octanol–water partition coefficient (Wildman–Crippen LogP) is 4.04. The van der Waals surface area contributed by atoms with Gasteiger partial charge in [-0.3, -0.25) is 9.48 Å². The summed E-state index contributed by atoms with van der Waals surface area (Å²) in [6.07, 6.45) is 4.40. The zero-order valence-corrected chi connectivity index (χ0v) is 17.1. The molecular weight excluding hydrogens is 426 g/mol. The molecule has 2 heterocycles. The van der Waals surface area contributed by atoms with Gasteiger partial charge in [0.2, 0.25) is 0 Å². The summed E-state index contributed by atoms with van der Waals surface area (Å²) in [4.78, 5) is 12.2. The maximum atomic E-state index is 12.2. The Morgan fingerprint density at radius 2 is 1.93 bits per heavy atom. The molecule has 0 saturated heterocycles. The Bertz CT molecular complexity index is 889. The summed E-state index contributed by atoms with van der Waals surface area (Å²) < 4.78 is 19.4. The van der Waals surface area contributed by atoms with Crippen LogP contribution in [0.4, 0.5) is 0 Å². The van der Waals surface area contributed by atoms with E-state index >= 15 is 0 Å². The smallest absolute Gasteiger partial charge is 0.286 e. The summed E-state index contributed by atoms with van der Waals surface area (Å²) in [5.41, 5.74) is 0.